The van der Waals surface area contributed by atoms with E-state index in [2.05, 4.69) is 11.1 Å². The van der Waals surface area contributed by atoms with Crippen LogP contribution in [0.15, 0.2) is 59.1 Å². The van der Waals surface area contributed by atoms with Crippen LogP contribution in [0.25, 0.3) is 33.6 Å². The first-order valence-electron chi connectivity index (χ1n) is 11.8. The summed E-state index contributed by atoms with van der Waals surface area (Å²) in [4.78, 5) is 6.07. The fraction of sp³-hybridized carbons (Fsp3) is 0.286. The molecule has 4 aromatic rings. The van der Waals surface area contributed by atoms with Crippen LogP contribution in [0.5, 0.6) is 11.5 Å². The van der Waals surface area contributed by atoms with Gasteiger partial charge in [0.1, 0.15) is 41.2 Å². The number of fused-ring (bicyclic) bond motifs is 1. The Hall–Kier alpha value is -3.90. The SMILES string of the molecule is CN(C)C(O)c1ccc(-c2cc3nccc(-c4ccc(OC5CCOCC5)c(C#N)c4)c3o2)c(O)c1. The second kappa shape index (κ2) is 9.99. The molecule has 2 aromatic carbocycles. The second-order valence-corrected chi connectivity index (χ2v) is 9.05. The molecule has 5 rings (SSSR count). The number of aromatic hydroxyl groups is 1. The fourth-order valence-electron chi connectivity index (χ4n) is 4.37. The average molecular weight is 486 g/mol. The number of aliphatic hydroxyl groups is 1. The van der Waals surface area contributed by atoms with Gasteiger partial charge < -0.3 is 24.1 Å². The maximum absolute atomic E-state index is 10.7. The van der Waals surface area contributed by atoms with E-state index >= 15 is 0 Å². The van der Waals surface area contributed by atoms with Crippen molar-refractivity contribution >= 4 is 11.1 Å². The Labute approximate surface area is 208 Å². The zero-order valence-electron chi connectivity index (χ0n) is 20.1. The summed E-state index contributed by atoms with van der Waals surface area (Å²) < 4.78 is 17.6. The Bertz CT molecular complexity index is 1430. The number of ether oxygens (including phenoxy) is 2. The first-order chi connectivity index (χ1) is 17.4. The molecule has 3 heterocycles. The van der Waals surface area contributed by atoms with Crippen molar-refractivity contribution in [2.24, 2.45) is 0 Å². The van der Waals surface area contributed by atoms with E-state index in [1.165, 1.54) is 6.07 Å². The minimum atomic E-state index is -0.832. The number of furan rings is 1. The van der Waals surface area contributed by atoms with Crippen LogP contribution in [-0.2, 0) is 4.74 Å². The first-order valence-corrected chi connectivity index (χ1v) is 11.8. The van der Waals surface area contributed by atoms with E-state index in [9.17, 15) is 15.5 Å². The van der Waals surface area contributed by atoms with Crippen LogP contribution in [0.4, 0.5) is 0 Å². The number of phenols is 1. The number of nitrogens with zero attached hydrogens (tertiary/aromatic N) is 3. The third-order valence-corrected chi connectivity index (χ3v) is 6.36. The molecule has 0 radical (unpaired) electrons. The van der Waals surface area contributed by atoms with Gasteiger partial charge in [0.05, 0.1) is 24.3 Å². The van der Waals surface area contributed by atoms with E-state index in [0.29, 0.717) is 52.5 Å². The number of benzene rings is 2. The Morgan fingerprint density at radius 1 is 1.08 bits per heavy atom. The molecule has 184 valence electrons. The zero-order valence-corrected chi connectivity index (χ0v) is 20.1. The van der Waals surface area contributed by atoms with Gasteiger partial charge in [0, 0.05) is 30.7 Å². The standard InChI is InChI=1S/C28H27N3O5/c1-31(2)28(33)18-3-5-22(24(32)14-18)26-15-23-27(36-26)21(7-10-30-23)17-4-6-25(19(13-17)16-29)35-20-8-11-34-12-9-20/h3-7,10,13-15,20,28,32-33H,8-9,11-12H2,1-2H3. The number of hydrogen-bond donors (Lipinski definition) is 2. The molecule has 36 heavy (non-hydrogen) atoms. The van der Waals surface area contributed by atoms with Crippen molar-refractivity contribution < 1.29 is 24.1 Å². The van der Waals surface area contributed by atoms with Crippen LogP contribution in [0.3, 0.4) is 0 Å². The number of pyridine rings is 1. The number of hydrogen-bond acceptors (Lipinski definition) is 8. The quantitative estimate of drug-likeness (QED) is 0.373. The molecule has 0 saturated carbocycles. The minimum Gasteiger partial charge on any atom is -0.507 e. The first kappa shape index (κ1) is 23.8. The van der Waals surface area contributed by atoms with E-state index in [-0.39, 0.29) is 11.9 Å². The molecular weight excluding hydrogens is 458 g/mol. The van der Waals surface area contributed by atoms with Crippen molar-refractivity contribution in [3.63, 3.8) is 0 Å². The van der Waals surface area contributed by atoms with E-state index in [0.717, 1.165) is 24.0 Å². The molecule has 8 nitrogen and oxygen atoms in total. The van der Waals surface area contributed by atoms with Crippen LogP contribution in [0.1, 0.15) is 30.2 Å². The molecule has 1 saturated heterocycles. The van der Waals surface area contributed by atoms with E-state index in [4.69, 9.17) is 13.9 Å². The summed E-state index contributed by atoms with van der Waals surface area (Å²) in [6.45, 7) is 1.32. The molecule has 2 N–H and O–H groups in total. The summed E-state index contributed by atoms with van der Waals surface area (Å²) in [5, 5.41) is 30.7. The average Bonchev–Trinajstić information content (AvgIpc) is 3.33. The zero-order chi connectivity index (χ0) is 25.2. The second-order valence-electron chi connectivity index (χ2n) is 9.05. The molecule has 0 bridgehead atoms. The normalized spacial score (nSPS) is 15.2. The molecular formula is C28H27N3O5. The van der Waals surface area contributed by atoms with Crippen LogP contribution in [-0.4, -0.2) is 53.5 Å². The van der Waals surface area contributed by atoms with E-state index < -0.39 is 6.23 Å². The van der Waals surface area contributed by atoms with Gasteiger partial charge in [-0.3, -0.25) is 9.88 Å². The summed E-state index contributed by atoms with van der Waals surface area (Å²) in [5.41, 5.74) is 4.26. The molecule has 2 aromatic heterocycles. The Kier molecular flexibility index (Phi) is 6.61. The number of phenolic OH excluding ortho intramolecular Hbond substituents is 1. The van der Waals surface area contributed by atoms with Gasteiger partial charge in [-0.2, -0.15) is 5.26 Å². The van der Waals surface area contributed by atoms with Gasteiger partial charge in [-0.05, 0) is 55.6 Å². The highest BCUT2D eigenvalue weighted by Gasteiger charge is 2.20. The van der Waals surface area contributed by atoms with Crippen molar-refractivity contribution in [1.82, 2.24) is 9.88 Å². The maximum atomic E-state index is 10.7. The van der Waals surface area contributed by atoms with Crippen LogP contribution < -0.4 is 4.74 Å². The lowest BCUT2D eigenvalue weighted by Crippen LogP contribution is -2.26. The van der Waals surface area contributed by atoms with Gasteiger partial charge in [-0.1, -0.05) is 12.1 Å². The highest BCUT2D eigenvalue weighted by molar-refractivity contribution is 5.93. The van der Waals surface area contributed by atoms with Crippen LogP contribution >= 0.6 is 0 Å². The minimum absolute atomic E-state index is 0.00427. The Morgan fingerprint density at radius 3 is 2.61 bits per heavy atom. The number of rotatable bonds is 6. The number of aromatic nitrogens is 1. The van der Waals surface area contributed by atoms with Crippen molar-refractivity contribution in [3.05, 3.63) is 65.9 Å². The third-order valence-electron chi connectivity index (χ3n) is 6.36. The summed E-state index contributed by atoms with van der Waals surface area (Å²) in [7, 11) is 3.51. The van der Waals surface area contributed by atoms with Gasteiger partial charge in [0.25, 0.3) is 0 Å². The van der Waals surface area contributed by atoms with Gasteiger partial charge in [0.2, 0.25) is 0 Å². The van der Waals surface area contributed by atoms with Crippen molar-refractivity contribution in [3.8, 4) is 40.0 Å². The molecule has 1 unspecified atom stereocenters. The van der Waals surface area contributed by atoms with Gasteiger partial charge >= 0.3 is 0 Å². The Balaban J connectivity index is 1.49. The summed E-state index contributed by atoms with van der Waals surface area (Å²) >= 11 is 0. The monoisotopic (exact) mass is 485 g/mol. The molecule has 1 atom stereocenters. The summed E-state index contributed by atoms with van der Waals surface area (Å²) in [6.07, 6.45) is 2.49. The van der Waals surface area contributed by atoms with Gasteiger partial charge in [-0.25, -0.2) is 0 Å². The molecule has 8 heteroatoms. The van der Waals surface area contributed by atoms with Crippen molar-refractivity contribution in [1.29, 1.82) is 5.26 Å². The number of aliphatic hydroxyl groups excluding tert-OH is 1. The van der Waals surface area contributed by atoms with Crippen molar-refractivity contribution in [2.45, 2.75) is 25.2 Å². The van der Waals surface area contributed by atoms with Crippen LogP contribution in [0.2, 0.25) is 0 Å². The molecule has 1 aliphatic heterocycles. The topological polar surface area (TPSA) is 112 Å². The number of nitriles is 1. The fourth-order valence-corrected chi connectivity index (χ4v) is 4.37. The van der Waals surface area contributed by atoms with Crippen LogP contribution in [0, 0.1) is 11.3 Å². The van der Waals surface area contributed by atoms with Crippen molar-refractivity contribution in [2.75, 3.05) is 27.3 Å². The maximum Gasteiger partial charge on any atom is 0.161 e. The lowest BCUT2D eigenvalue weighted by atomic mass is 10.0. The third kappa shape index (κ3) is 4.64. The van der Waals surface area contributed by atoms with Gasteiger partial charge in [-0.15, -0.1) is 0 Å². The lowest BCUT2D eigenvalue weighted by Gasteiger charge is -2.23. The van der Waals surface area contributed by atoms with E-state index in [1.54, 1.807) is 49.5 Å². The molecule has 0 spiro atoms. The van der Waals surface area contributed by atoms with E-state index in [1.807, 2.05) is 18.2 Å². The highest BCUT2D eigenvalue weighted by Crippen LogP contribution is 2.38. The molecule has 1 fully saturated rings. The molecule has 1 aliphatic rings. The lowest BCUT2D eigenvalue weighted by molar-refractivity contribution is 0.0254. The summed E-state index contributed by atoms with van der Waals surface area (Å²) in [6, 6.07) is 16.3. The highest BCUT2D eigenvalue weighted by atomic mass is 16.5. The van der Waals surface area contributed by atoms with Gasteiger partial charge in [0.15, 0.2) is 5.58 Å². The molecule has 0 amide bonds. The predicted octanol–water partition coefficient (Wildman–Crippen LogP) is 4.85. The largest absolute Gasteiger partial charge is 0.507 e. The predicted molar refractivity (Wildman–Crippen MR) is 134 cm³/mol. The molecule has 0 aliphatic carbocycles. The summed E-state index contributed by atoms with van der Waals surface area (Å²) in [5.74, 6) is 1.01. The smallest absolute Gasteiger partial charge is 0.161 e. The Morgan fingerprint density at radius 2 is 1.89 bits per heavy atom.